The normalized spacial score (nSPS) is 15.9. The van der Waals surface area contributed by atoms with Crippen molar-refractivity contribution in [2.75, 3.05) is 13.2 Å². The van der Waals surface area contributed by atoms with E-state index in [2.05, 4.69) is 6.58 Å². The number of hydrogen-bond acceptors (Lipinski definition) is 10. The van der Waals surface area contributed by atoms with Gasteiger partial charge in [0, 0.05) is 17.9 Å². The van der Waals surface area contributed by atoms with Gasteiger partial charge in [-0.2, -0.15) is 0 Å². The molecule has 10 nitrogen and oxygen atoms in total. The van der Waals surface area contributed by atoms with Gasteiger partial charge in [-0.05, 0) is 81.0 Å². The molecule has 10 heteroatoms. The average molecular weight is 594 g/mol. The van der Waals surface area contributed by atoms with E-state index in [0.717, 1.165) is 44.7 Å². The SMILES string of the molecule is C=CC(=O)OCCCCCCCCOc1ccc(OC(=O)C2CCC(C(=O)Oc3ccc(OC=O)c(C=N)c3)CC2)cc1. The standard InChI is InChI=1S/C33H39NO9/c1-2-31(36)40-20-8-6-4-3-5-7-19-39-27-13-15-28(16-14-27)42-32(37)24-9-11-25(12-10-24)33(38)43-29-17-18-30(41-23-35)26(21-29)22-34/h2,13-18,21-25,34H,1,3-12,19-20H2. The van der Waals surface area contributed by atoms with Crippen LogP contribution in [0.15, 0.2) is 55.1 Å². The Morgan fingerprint density at radius 2 is 1.30 bits per heavy atom. The smallest absolute Gasteiger partial charge is 0.330 e. The third kappa shape index (κ3) is 11.4. The van der Waals surface area contributed by atoms with E-state index in [9.17, 15) is 19.2 Å². The Labute approximate surface area is 251 Å². The highest BCUT2D eigenvalue weighted by atomic mass is 16.5. The summed E-state index contributed by atoms with van der Waals surface area (Å²) in [6.07, 6.45) is 10.3. The van der Waals surface area contributed by atoms with E-state index in [4.69, 9.17) is 29.1 Å². The molecule has 1 aliphatic rings. The van der Waals surface area contributed by atoms with E-state index in [1.54, 1.807) is 24.3 Å². The van der Waals surface area contributed by atoms with Gasteiger partial charge in [0.15, 0.2) is 0 Å². The second-order valence-corrected chi connectivity index (χ2v) is 10.3. The Morgan fingerprint density at radius 3 is 1.88 bits per heavy atom. The van der Waals surface area contributed by atoms with Crippen LogP contribution < -0.4 is 18.9 Å². The molecular formula is C33H39NO9. The molecule has 0 amide bonds. The number of carbonyl (C=O) groups is 4. The van der Waals surface area contributed by atoms with Crippen LogP contribution in [-0.2, 0) is 23.9 Å². The molecule has 0 radical (unpaired) electrons. The highest BCUT2D eigenvalue weighted by Crippen LogP contribution is 2.32. The Balaban J connectivity index is 1.30. The summed E-state index contributed by atoms with van der Waals surface area (Å²) < 4.78 is 26.6. The lowest BCUT2D eigenvalue weighted by atomic mass is 9.82. The number of unbranched alkanes of at least 4 members (excludes halogenated alkanes) is 5. The lowest BCUT2D eigenvalue weighted by Crippen LogP contribution is -2.30. The molecule has 0 atom stereocenters. The molecule has 0 aromatic heterocycles. The number of ether oxygens (including phenoxy) is 5. The van der Waals surface area contributed by atoms with Gasteiger partial charge in [-0.15, -0.1) is 0 Å². The van der Waals surface area contributed by atoms with Crippen molar-refractivity contribution in [3.8, 4) is 23.0 Å². The predicted molar refractivity (Wildman–Crippen MR) is 159 cm³/mol. The first-order chi connectivity index (χ1) is 20.9. The quantitative estimate of drug-likeness (QED) is 0.0552. The monoisotopic (exact) mass is 593 g/mol. The number of benzene rings is 2. The first kappa shape index (κ1) is 33.0. The maximum absolute atomic E-state index is 12.7. The van der Waals surface area contributed by atoms with Gasteiger partial charge in [0.2, 0.25) is 0 Å². The van der Waals surface area contributed by atoms with Gasteiger partial charge < -0.3 is 29.1 Å². The summed E-state index contributed by atoms with van der Waals surface area (Å²) in [5.74, 6) is -0.122. The first-order valence-electron chi connectivity index (χ1n) is 14.6. The number of hydrogen-bond donors (Lipinski definition) is 1. The third-order valence-electron chi connectivity index (χ3n) is 7.18. The molecule has 1 N–H and O–H groups in total. The van der Waals surface area contributed by atoms with Crippen molar-refractivity contribution in [3.05, 3.63) is 60.7 Å². The van der Waals surface area contributed by atoms with E-state index in [1.807, 2.05) is 0 Å². The molecule has 0 saturated heterocycles. The summed E-state index contributed by atoms with van der Waals surface area (Å²) >= 11 is 0. The molecule has 0 aliphatic heterocycles. The second kappa shape index (κ2) is 18.1. The molecule has 230 valence electrons. The predicted octanol–water partition coefficient (Wildman–Crippen LogP) is 5.99. The maximum Gasteiger partial charge on any atom is 0.330 e. The van der Waals surface area contributed by atoms with Crippen LogP contribution in [0.3, 0.4) is 0 Å². The zero-order valence-corrected chi connectivity index (χ0v) is 24.3. The summed E-state index contributed by atoms with van der Waals surface area (Å²) in [6, 6.07) is 11.4. The average Bonchev–Trinajstić information content (AvgIpc) is 3.03. The summed E-state index contributed by atoms with van der Waals surface area (Å²) in [4.78, 5) is 46.9. The lowest BCUT2D eigenvalue weighted by molar-refractivity contribution is -0.145. The van der Waals surface area contributed by atoms with Crippen LogP contribution in [-0.4, -0.2) is 43.8 Å². The highest BCUT2D eigenvalue weighted by molar-refractivity contribution is 5.84. The van der Waals surface area contributed by atoms with E-state index in [1.165, 1.54) is 24.3 Å². The topological polar surface area (TPSA) is 138 Å². The zero-order valence-electron chi connectivity index (χ0n) is 24.3. The van der Waals surface area contributed by atoms with Crippen LogP contribution in [0.4, 0.5) is 0 Å². The van der Waals surface area contributed by atoms with E-state index in [-0.39, 0.29) is 41.7 Å². The second-order valence-electron chi connectivity index (χ2n) is 10.3. The van der Waals surface area contributed by atoms with Gasteiger partial charge in [-0.25, -0.2) is 4.79 Å². The Bertz CT molecular complexity index is 1230. The van der Waals surface area contributed by atoms with Gasteiger partial charge in [-0.1, -0.05) is 32.3 Å². The minimum Gasteiger partial charge on any atom is -0.494 e. The van der Waals surface area contributed by atoms with Crippen LogP contribution in [0, 0.1) is 17.2 Å². The number of carbonyl (C=O) groups excluding carboxylic acids is 4. The Morgan fingerprint density at radius 1 is 0.767 bits per heavy atom. The highest BCUT2D eigenvalue weighted by Gasteiger charge is 2.32. The van der Waals surface area contributed by atoms with Crippen molar-refractivity contribution in [3.63, 3.8) is 0 Å². The molecule has 2 aromatic rings. The van der Waals surface area contributed by atoms with E-state index >= 15 is 0 Å². The fraction of sp³-hybridized carbons (Fsp3) is 0.424. The van der Waals surface area contributed by atoms with Crippen molar-refractivity contribution in [1.29, 1.82) is 5.41 Å². The molecule has 0 heterocycles. The van der Waals surface area contributed by atoms with Gasteiger partial charge in [0.05, 0.1) is 25.0 Å². The summed E-state index contributed by atoms with van der Waals surface area (Å²) in [7, 11) is 0. The van der Waals surface area contributed by atoms with Crippen LogP contribution in [0.25, 0.3) is 0 Å². The van der Waals surface area contributed by atoms with Crippen molar-refractivity contribution in [1.82, 2.24) is 0 Å². The van der Waals surface area contributed by atoms with Crippen molar-refractivity contribution in [2.24, 2.45) is 11.8 Å². The fourth-order valence-electron chi connectivity index (χ4n) is 4.76. The number of nitrogens with one attached hydrogen (secondary N) is 1. The molecule has 1 aliphatic carbocycles. The molecule has 0 unspecified atom stereocenters. The van der Waals surface area contributed by atoms with E-state index in [0.29, 0.717) is 56.0 Å². The van der Waals surface area contributed by atoms with Crippen molar-refractivity contribution in [2.45, 2.75) is 64.2 Å². The molecule has 2 aromatic carbocycles. The summed E-state index contributed by atoms with van der Waals surface area (Å²) in [5, 5.41) is 7.45. The van der Waals surface area contributed by atoms with E-state index < -0.39 is 5.97 Å². The molecule has 1 fully saturated rings. The molecular weight excluding hydrogens is 554 g/mol. The fourth-order valence-corrected chi connectivity index (χ4v) is 4.76. The van der Waals surface area contributed by atoms with Gasteiger partial charge in [-0.3, -0.25) is 14.4 Å². The summed E-state index contributed by atoms with van der Waals surface area (Å²) in [6.45, 7) is 4.67. The molecule has 0 bridgehead atoms. The molecule has 0 spiro atoms. The van der Waals surface area contributed by atoms with Crippen molar-refractivity contribution < 1.29 is 42.9 Å². The van der Waals surface area contributed by atoms with Gasteiger partial charge in [0.25, 0.3) is 6.47 Å². The minimum atomic E-state index is -0.397. The number of rotatable bonds is 18. The first-order valence-corrected chi connectivity index (χ1v) is 14.6. The molecule has 3 rings (SSSR count). The van der Waals surface area contributed by atoms with Crippen LogP contribution in [0.5, 0.6) is 23.0 Å². The van der Waals surface area contributed by atoms with Gasteiger partial charge >= 0.3 is 17.9 Å². The largest absolute Gasteiger partial charge is 0.494 e. The molecule has 43 heavy (non-hydrogen) atoms. The Kier molecular flexibility index (Phi) is 13.9. The lowest BCUT2D eigenvalue weighted by Gasteiger charge is -2.25. The Hall–Kier alpha value is -4.47. The molecule has 1 saturated carbocycles. The minimum absolute atomic E-state index is 0.201. The zero-order chi connectivity index (χ0) is 30.9. The number of esters is 3. The van der Waals surface area contributed by atoms with Gasteiger partial charge in [0.1, 0.15) is 23.0 Å². The van der Waals surface area contributed by atoms with Crippen molar-refractivity contribution >= 4 is 30.6 Å². The van der Waals surface area contributed by atoms with Crippen LogP contribution in [0.2, 0.25) is 0 Å². The summed E-state index contributed by atoms with van der Waals surface area (Å²) in [5.41, 5.74) is 0.314. The maximum atomic E-state index is 12.7. The van der Waals surface area contributed by atoms with Crippen LogP contribution in [0.1, 0.15) is 69.8 Å². The third-order valence-corrected chi connectivity index (χ3v) is 7.18. The van der Waals surface area contributed by atoms with Crippen LogP contribution >= 0.6 is 0 Å².